The van der Waals surface area contributed by atoms with Crippen molar-refractivity contribution >= 4 is 0 Å². The molecule has 0 N–H and O–H groups in total. The molecule has 33 heavy (non-hydrogen) atoms. The van der Waals surface area contributed by atoms with Gasteiger partial charge in [0.25, 0.3) is 0 Å². The Labute approximate surface area is 195 Å². The molecular formula is C29H28O4. The van der Waals surface area contributed by atoms with Gasteiger partial charge in [-0.3, -0.25) is 0 Å². The summed E-state index contributed by atoms with van der Waals surface area (Å²) in [6.45, 7) is 8.00. The van der Waals surface area contributed by atoms with Crippen LogP contribution in [0.3, 0.4) is 0 Å². The van der Waals surface area contributed by atoms with Crippen molar-refractivity contribution in [2.75, 3.05) is 0 Å². The van der Waals surface area contributed by atoms with Crippen LogP contribution >= 0.6 is 0 Å². The van der Waals surface area contributed by atoms with Crippen molar-refractivity contribution in [3.05, 3.63) is 119 Å². The van der Waals surface area contributed by atoms with Crippen LogP contribution in [0.1, 0.15) is 22.3 Å². The zero-order chi connectivity index (χ0) is 23.3. The van der Waals surface area contributed by atoms with E-state index in [1.807, 2.05) is 125 Å². The van der Waals surface area contributed by atoms with Crippen LogP contribution in [-0.2, 0) is 0 Å². The Bertz CT molecular complexity index is 1040. The van der Waals surface area contributed by atoms with Crippen molar-refractivity contribution in [1.29, 1.82) is 0 Å². The smallest absolute Gasteiger partial charge is 0.386 e. The van der Waals surface area contributed by atoms with Gasteiger partial charge < -0.3 is 18.9 Å². The highest BCUT2D eigenvalue weighted by Gasteiger charge is 2.44. The van der Waals surface area contributed by atoms with Crippen LogP contribution in [0.25, 0.3) is 0 Å². The van der Waals surface area contributed by atoms with Crippen LogP contribution in [0.15, 0.2) is 97.1 Å². The highest BCUT2D eigenvalue weighted by Crippen LogP contribution is 2.31. The normalized spacial score (nSPS) is 11.0. The van der Waals surface area contributed by atoms with Gasteiger partial charge in [0, 0.05) is 0 Å². The molecule has 4 heteroatoms. The van der Waals surface area contributed by atoms with Gasteiger partial charge in [0.1, 0.15) is 23.0 Å². The first-order valence-electron chi connectivity index (χ1n) is 10.9. The van der Waals surface area contributed by atoms with Gasteiger partial charge in [-0.25, -0.2) is 0 Å². The monoisotopic (exact) mass is 440 g/mol. The first-order valence-corrected chi connectivity index (χ1v) is 10.9. The van der Waals surface area contributed by atoms with E-state index in [0.717, 1.165) is 22.3 Å². The SMILES string of the molecule is Cc1cccc(OC(Oc2cccc(C)c2)(Oc2cccc(C)c2)Oc2cccc(C)c2)c1. The van der Waals surface area contributed by atoms with Crippen molar-refractivity contribution in [2.45, 2.75) is 33.9 Å². The predicted molar refractivity (Wildman–Crippen MR) is 130 cm³/mol. The molecule has 4 nitrogen and oxygen atoms in total. The summed E-state index contributed by atoms with van der Waals surface area (Å²) in [6.07, 6.45) is -1.91. The minimum Gasteiger partial charge on any atom is -0.386 e. The van der Waals surface area contributed by atoms with E-state index in [9.17, 15) is 0 Å². The van der Waals surface area contributed by atoms with Gasteiger partial charge >= 0.3 is 6.16 Å². The topological polar surface area (TPSA) is 36.9 Å². The van der Waals surface area contributed by atoms with E-state index in [4.69, 9.17) is 18.9 Å². The molecule has 0 atom stereocenters. The lowest BCUT2D eigenvalue weighted by Gasteiger charge is -2.32. The molecule has 0 radical (unpaired) electrons. The van der Waals surface area contributed by atoms with Gasteiger partial charge in [-0.05, 0) is 98.5 Å². The summed E-state index contributed by atoms with van der Waals surface area (Å²) in [5.74, 6) is 2.23. The van der Waals surface area contributed by atoms with Crippen LogP contribution in [0.4, 0.5) is 0 Å². The lowest BCUT2D eigenvalue weighted by atomic mass is 10.2. The van der Waals surface area contributed by atoms with Crippen LogP contribution < -0.4 is 18.9 Å². The van der Waals surface area contributed by atoms with Crippen molar-refractivity contribution < 1.29 is 18.9 Å². The maximum absolute atomic E-state index is 6.35. The number of hydrogen-bond acceptors (Lipinski definition) is 4. The van der Waals surface area contributed by atoms with Crippen molar-refractivity contribution in [2.24, 2.45) is 0 Å². The third kappa shape index (κ3) is 6.07. The number of aryl methyl sites for hydroxylation is 4. The maximum atomic E-state index is 6.35. The summed E-state index contributed by atoms with van der Waals surface area (Å²) < 4.78 is 25.4. The van der Waals surface area contributed by atoms with Crippen molar-refractivity contribution in [3.63, 3.8) is 0 Å². The standard InChI is InChI=1S/C29H28O4/c1-21-9-5-13-25(17-21)30-29(31-26-14-6-10-22(2)18-26,32-27-15-7-11-23(3)19-27)33-28-16-8-12-24(4)20-28/h5-20H,1-4H3. The quantitative estimate of drug-likeness (QED) is 0.273. The molecule has 0 amide bonds. The van der Waals surface area contributed by atoms with Gasteiger partial charge in [-0.15, -0.1) is 0 Å². The number of benzene rings is 4. The van der Waals surface area contributed by atoms with Gasteiger partial charge in [0.2, 0.25) is 0 Å². The third-order valence-electron chi connectivity index (χ3n) is 4.93. The molecule has 0 saturated carbocycles. The summed E-state index contributed by atoms with van der Waals surface area (Å²) in [6, 6.07) is 30.7. The molecule has 0 spiro atoms. The Hall–Kier alpha value is -3.92. The second-order valence-corrected chi connectivity index (χ2v) is 8.17. The molecule has 0 aliphatic carbocycles. The zero-order valence-corrected chi connectivity index (χ0v) is 19.4. The molecule has 0 unspecified atom stereocenters. The second-order valence-electron chi connectivity index (χ2n) is 8.17. The molecule has 0 aliphatic rings. The molecular weight excluding hydrogens is 412 g/mol. The van der Waals surface area contributed by atoms with E-state index >= 15 is 0 Å². The van der Waals surface area contributed by atoms with Crippen LogP contribution in [-0.4, -0.2) is 6.16 Å². The molecule has 168 valence electrons. The van der Waals surface area contributed by atoms with E-state index in [-0.39, 0.29) is 0 Å². The van der Waals surface area contributed by atoms with E-state index in [1.54, 1.807) is 0 Å². The van der Waals surface area contributed by atoms with Gasteiger partial charge in [-0.1, -0.05) is 48.5 Å². The molecule has 0 aliphatic heterocycles. The fraction of sp³-hybridized carbons (Fsp3) is 0.172. The third-order valence-corrected chi connectivity index (χ3v) is 4.93. The zero-order valence-electron chi connectivity index (χ0n) is 19.4. The largest absolute Gasteiger partial charge is 0.611 e. The average molecular weight is 441 g/mol. The highest BCUT2D eigenvalue weighted by atomic mass is 17.0. The summed E-state index contributed by atoms with van der Waals surface area (Å²) in [4.78, 5) is 0. The summed E-state index contributed by atoms with van der Waals surface area (Å²) in [5, 5.41) is 0. The maximum Gasteiger partial charge on any atom is 0.611 e. The molecule has 4 aromatic carbocycles. The Morgan fingerprint density at radius 3 is 0.848 bits per heavy atom. The Morgan fingerprint density at radius 2 is 0.636 bits per heavy atom. The fourth-order valence-electron chi connectivity index (χ4n) is 3.42. The minimum atomic E-state index is -1.91. The first kappa shape index (κ1) is 22.3. The number of hydrogen-bond donors (Lipinski definition) is 0. The second kappa shape index (κ2) is 9.70. The molecule has 0 saturated heterocycles. The minimum absolute atomic E-state index is 0.558. The van der Waals surface area contributed by atoms with Crippen molar-refractivity contribution in [3.8, 4) is 23.0 Å². The fourth-order valence-corrected chi connectivity index (χ4v) is 3.42. The Kier molecular flexibility index (Phi) is 6.55. The Morgan fingerprint density at radius 1 is 0.394 bits per heavy atom. The van der Waals surface area contributed by atoms with Gasteiger partial charge in [0.15, 0.2) is 0 Å². The predicted octanol–water partition coefficient (Wildman–Crippen LogP) is 7.15. The van der Waals surface area contributed by atoms with Crippen LogP contribution in [0, 0.1) is 27.7 Å². The average Bonchev–Trinajstić information content (AvgIpc) is 2.73. The van der Waals surface area contributed by atoms with E-state index < -0.39 is 6.16 Å². The number of rotatable bonds is 8. The van der Waals surface area contributed by atoms with E-state index in [2.05, 4.69) is 0 Å². The van der Waals surface area contributed by atoms with E-state index in [1.165, 1.54) is 0 Å². The van der Waals surface area contributed by atoms with Gasteiger partial charge in [0.05, 0.1) is 0 Å². The Balaban J connectivity index is 1.81. The lowest BCUT2D eigenvalue weighted by Crippen LogP contribution is -2.53. The summed E-state index contributed by atoms with van der Waals surface area (Å²) >= 11 is 0. The van der Waals surface area contributed by atoms with E-state index in [0.29, 0.717) is 23.0 Å². The van der Waals surface area contributed by atoms with Gasteiger partial charge in [-0.2, -0.15) is 0 Å². The molecule has 0 fully saturated rings. The molecule has 4 rings (SSSR count). The summed E-state index contributed by atoms with van der Waals surface area (Å²) in [7, 11) is 0. The number of ether oxygens (including phenoxy) is 4. The molecule has 0 heterocycles. The first-order chi connectivity index (χ1) is 15.9. The summed E-state index contributed by atoms with van der Waals surface area (Å²) in [5.41, 5.74) is 4.18. The van der Waals surface area contributed by atoms with Crippen molar-refractivity contribution in [1.82, 2.24) is 0 Å². The molecule has 4 aromatic rings. The highest BCUT2D eigenvalue weighted by molar-refractivity contribution is 5.33. The molecule has 0 aromatic heterocycles. The molecule has 0 bridgehead atoms. The lowest BCUT2D eigenvalue weighted by molar-refractivity contribution is -0.367. The van der Waals surface area contributed by atoms with Crippen LogP contribution in [0.2, 0.25) is 0 Å². The van der Waals surface area contributed by atoms with Crippen LogP contribution in [0.5, 0.6) is 23.0 Å².